The van der Waals surface area contributed by atoms with Crippen molar-refractivity contribution in [1.29, 1.82) is 0 Å². The number of halogens is 3. The minimum Gasteiger partial charge on any atom is -0.385 e. The third-order valence-corrected chi connectivity index (χ3v) is 3.26. The van der Waals surface area contributed by atoms with Gasteiger partial charge in [-0.05, 0) is 30.4 Å². The van der Waals surface area contributed by atoms with Gasteiger partial charge in [-0.25, -0.2) is 0 Å². The van der Waals surface area contributed by atoms with E-state index in [1.807, 2.05) is 0 Å². The lowest BCUT2D eigenvalue weighted by molar-refractivity contribution is -0.174. The van der Waals surface area contributed by atoms with E-state index in [9.17, 15) is 18.3 Å². The van der Waals surface area contributed by atoms with Crippen molar-refractivity contribution < 1.29 is 18.3 Å². The van der Waals surface area contributed by atoms with Crippen LogP contribution in [0.4, 0.5) is 13.2 Å². The molecule has 0 spiro atoms. The van der Waals surface area contributed by atoms with Crippen molar-refractivity contribution in [2.45, 2.75) is 51.3 Å². The maximum atomic E-state index is 12.3. The van der Waals surface area contributed by atoms with E-state index in [0.717, 1.165) is 12.0 Å². The fraction of sp³-hybridized carbons (Fsp3) is 0.571. The second-order valence-corrected chi connectivity index (χ2v) is 5.00. The second kappa shape index (κ2) is 5.31. The van der Waals surface area contributed by atoms with Crippen LogP contribution < -0.4 is 0 Å². The van der Waals surface area contributed by atoms with Gasteiger partial charge in [0.05, 0.1) is 12.0 Å². The third-order valence-electron chi connectivity index (χ3n) is 3.26. The Morgan fingerprint density at radius 1 is 1.17 bits per heavy atom. The average Bonchev–Trinajstić information content (AvgIpc) is 2.25. The Morgan fingerprint density at radius 3 is 2.06 bits per heavy atom. The van der Waals surface area contributed by atoms with Crippen LogP contribution in [0.25, 0.3) is 0 Å². The second-order valence-electron chi connectivity index (χ2n) is 5.00. The summed E-state index contributed by atoms with van der Waals surface area (Å²) in [7, 11) is 0. The summed E-state index contributed by atoms with van der Waals surface area (Å²) in [6.07, 6.45) is -4.64. The number of hydrogen-bond acceptors (Lipinski definition) is 1. The number of benzene rings is 1. The highest BCUT2D eigenvalue weighted by Gasteiger charge is 2.39. The fourth-order valence-electron chi connectivity index (χ4n) is 1.90. The van der Waals surface area contributed by atoms with Crippen molar-refractivity contribution in [2.24, 2.45) is 0 Å². The summed E-state index contributed by atoms with van der Waals surface area (Å²) >= 11 is 0. The van der Waals surface area contributed by atoms with E-state index in [2.05, 4.69) is 13.8 Å². The minimum atomic E-state index is -4.38. The van der Waals surface area contributed by atoms with Gasteiger partial charge in [0.15, 0.2) is 0 Å². The summed E-state index contributed by atoms with van der Waals surface area (Å²) < 4.78 is 37.0. The zero-order chi connectivity index (χ0) is 14.0. The highest BCUT2D eigenvalue weighted by atomic mass is 19.4. The van der Waals surface area contributed by atoms with Crippen molar-refractivity contribution in [3.05, 3.63) is 35.4 Å². The molecule has 102 valence electrons. The van der Waals surface area contributed by atoms with E-state index < -0.39 is 18.2 Å². The minimum absolute atomic E-state index is 0.298. The Hall–Kier alpha value is -1.03. The molecule has 0 saturated carbocycles. The molecule has 0 bridgehead atoms. The molecule has 1 aromatic carbocycles. The van der Waals surface area contributed by atoms with Gasteiger partial charge in [-0.15, -0.1) is 0 Å². The van der Waals surface area contributed by atoms with Crippen molar-refractivity contribution in [2.75, 3.05) is 0 Å². The van der Waals surface area contributed by atoms with Crippen molar-refractivity contribution >= 4 is 0 Å². The van der Waals surface area contributed by atoms with Crippen LogP contribution in [-0.2, 0) is 5.60 Å². The Labute approximate surface area is 106 Å². The Morgan fingerprint density at radius 2 is 1.67 bits per heavy atom. The van der Waals surface area contributed by atoms with Crippen LogP contribution >= 0.6 is 0 Å². The molecule has 0 radical (unpaired) electrons. The molecular weight excluding hydrogens is 241 g/mol. The molecule has 0 aromatic heterocycles. The van der Waals surface area contributed by atoms with Crippen LogP contribution in [0.1, 0.15) is 50.7 Å². The first-order valence-corrected chi connectivity index (χ1v) is 6.05. The fourth-order valence-corrected chi connectivity index (χ4v) is 1.90. The summed E-state index contributed by atoms with van der Waals surface area (Å²) in [4.78, 5) is 0. The van der Waals surface area contributed by atoms with Crippen LogP contribution in [0.15, 0.2) is 24.3 Å². The normalized spacial score (nSPS) is 17.3. The van der Waals surface area contributed by atoms with Crippen molar-refractivity contribution in [3.8, 4) is 0 Å². The van der Waals surface area contributed by atoms with Crippen LogP contribution in [0.3, 0.4) is 0 Å². The van der Waals surface area contributed by atoms with Crippen LogP contribution in [0, 0.1) is 0 Å². The molecule has 4 heteroatoms. The quantitative estimate of drug-likeness (QED) is 0.852. The van der Waals surface area contributed by atoms with E-state index in [-0.39, 0.29) is 0 Å². The van der Waals surface area contributed by atoms with Gasteiger partial charge < -0.3 is 5.11 Å². The van der Waals surface area contributed by atoms with E-state index in [1.165, 1.54) is 6.92 Å². The molecule has 1 nitrogen and oxygen atoms in total. The maximum absolute atomic E-state index is 12.3. The molecule has 0 saturated heterocycles. The molecule has 0 aliphatic carbocycles. The van der Waals surface area contributed by atoms with Crippen LogP contribution in [0.2, 0.25) is 0 Å². The lowest BCUT2D eigenvalue weighted by Gasteiger charge is -2.25. The SMILES string of the molecule is CCC(C)c1ccc(C(C)(O)CC(F)(F)F)cc1. The lowest BCUT2D eigenvalue weighted by Crippen LogP contribution is -2.28. The van der Waals surface area contributed by atoms with Gasteiger partial charge in [0.25, 0.3) is 0 Å². The van der Waals surface area contributed by atoms with E-state index in [4.69, 9.17) is 0 Å². The van der Waals surface area contributed by atoms with Gasteiger partial charge in [0, 0.05) is 0 Å². The Balaban J connectivity index is 2.90. The number of hydrogen-bond donors (Lipinski definition) is 1. The van der Waals surface area contributed by atoms with E-state index in [0.29, 0.717) is 11.5 Å². The van der Waals surface area contributed by atoms with Gasteiger partial charge in [-0.2, -0.15) is 13.2 Å². The van der Waals surface area contributed by atoms with Crippen LogP contribution in [0.5, 0.6) is 0 Å². The maximum Gasteiger partial charge on any atom is 0.392 e. The molecule has 1 rings (SSSR count). The molecule has 2 unspecified atom stereocenters. The monoisotopic (exact) mass is 260 g/mol. The van der Waals surface area contributed by atoms with Gasteiger partial charge in [-0.1, -0.05) is 38.1 Å². The summed E-state index contributed by atoms with van der Waals surface area (Å²) in [6, 6.07) is 6.73. The largest absolute Gasteiger partial charge is 0.392 e. The number of alkyl halides is 3. The number of aliphatic hydroxyl groups is 1. The van der Waals surface area contributed by atoms with E-state index >= 15 is 0 Å². The topological polar surface area (TPSA) is 20.2 Å². The molecule has 18 heavy (non-hydrogen) atoms. The molecule has 2 atom stereocenters. The van der Waals surface area contributed by atoms with Crippen molar-refractivity contribution in [3.63, 3.8) is 0 Å². The molecule has 0 heterocycles. The summed E-state index contributed by atoms with van der Waals surface area (Å²) in [5, 5.41) is 9.89. The predicted molar refractivity (Wildman–Crippen MR) is 65.4 cm³/mol. The molecule has 0 fully saturated rings. The summed E-state index contributed by atoms with van der Waals surface area (Å²) in [6.45, 7) is 5.31. The molecule has 0 amide bonds. The molecule has 1 N–H and O–H groups in total. The smallest absolute Gasteiger partial charge is 0.385 e. The zero-order valence-corrected chi connectivity index (χ0v) is 10.9. The Bertz CT molecular complexity index is 379. The highest BCUT2D eigenvalue weighted by Crippen LogP contribution is 2.34. The average molecular weight is 260 g/mol. The van der Waals surface area contributed by atoms with Gasteiger partial charge in [0.2, 0.25) is 0 Å². The van der Waals surface area contributed by atoms with Crippen molar-refractivity contribution in [1.82, 2.24) is 0 Å². The predicted octanol–water partition coefficient (Wildman–Crippen LogP) is 4.36. The molecule has 1 aromatic rings. The first-order chi connectivity index (χ1) is 8.15. The molecule has 0 aliphatic rings. The molecule has 0 aliphatic heterocycles. The van der Waals surface area contributed by atoms with E-state index in [1.54, 1.807) is 24.3 Å². The van der Waals surface area contributed by atoms with Gasteiger partial charge in [0.1, 0.15) is 0 Å². The summed E-state index contributed by atoms with van der Waals surface area (Å²) in [5.41, 5.74) is -0.498. The first kappa shape index (κ1) is 15.0. The third kappa shape index (κ3) is 4.02. The standard InChI is InChI=1S/C14H19F3O/c1-4-10(2)11-5-7-12(8-6-11)13(3,18)9-14(15,16)17/h5-8,10,18H,4,9H2,1-3H3. The highest BCUT2D eigenvalue weighted by molar-refractivity contribution is 5.28. The first-order valence-electron chi connectivity index (χ1n) is 6.05. The lowest BCUT2D eigenvalue weighted by atomic mass is 9.89. The van der Waals surface area contributed by atoms with Crippen LogP contribution in [-0.4, -0.2) is 11.3 Å². The number of rotatable bonds is 4. The van der Waals surface area contributed by atoms with Gasteiger partial charge in [-0.3, -0.25) is 0 Å². The summed E-state index contributed by atoms with van der Waals surface area (Å²) in [5.74, 6) is 0.367. The zero-order valence-electron chi connectivity index (χ0n) is 10.9. The van der Waals surface area contributed by atoms with Gasteiger partial charge >= 0.3 is 6.18 Å². The Kier molecular flexibility index (Phi) is 4.43. The molecular formula is C14H19F3O.